The molecule has 0 spiro atoms. The van der Waals surface area contributed by atoms with Crippen LogP contribution in [0.2, 0.25) is 0 Å². The molecule has 3 fully saturated rings. The molecule has 0 aromatic heterocycles. The van der Waals surface area contributed by atoms with E-state index in [0.717, 1.165) is 19.3 Å². The van der Waals surface area contributed by atoms with Gasteiger partial charge < -0.3 is 10.6 Å². The van der Waals surface area contributed by atoms with Crippen LogP contribution in [0.3, 0.4) is 0 Å². The molecule has 142 valence electrons. The van der Waals surface area contributed by atoms with Gasteiger partial charge in [0.2, 0.25) is 5.91 Å². The zero-order valence-electron chi connectivity index (χ0n) is 13.5. The van der Waals surface area contributed by atoms with E-state index in [-0.39, 0.29) is 42.7 Å². The molecule has 9 heteroatoms. The molecule has 1 aliphatic heterocycles. The van der Waals surface area contributed by atoms with Crippen LogP contribution < -0.4 is 5.73 Å². The van der Waals surface area contributed by atoms with Crippen LogP contribution in [0.25, 0.3) is 0 Å². The van der Waals surface area contributed by atoms with Crippen LogP contribution in [0.15, 0.2) is 0 Å². The predicted molar refractivity (Wildman–Crippen MR) is 90.5 cm³/mol. The second kappa shape index (κ2) is 8.43. The van der Waals surface area contributed by atoms with Gasteiger partial charge in [0.05, 0.1) is 12.5 Å². The largest absolute Gasteiger partial charge is 0.401 e. The fourth-order valence-electron chi connectivity index (χ4n) is 4.52. The van der Waals surface area contributed by atoms with Crippen molar-refractivity contribution in [1.82, 2.24) is 9.80 Å². The van der Waals surface area contributed by atoms with Gasteiger partial charge in [-0.1, -0.05) is 0 Å². The molecular weight excluding hydrogens is 366 g/mol. The van der Waals surface area contributed by atoms with Crippen molar-refractivity contribution in [3.05, 3.63) is 0 Å². The molecule has 2 bridgehead atoms. The third kappa shape index (κ3) is 4.68. The molecule has 3 rings (SSSR count). The molecule has 3 aliphatic rings. The molecule has 4 atom stereocenters. The van der Waals surface area contributed by atoms with E-state index in [4.69, 9.17) is 5.73 Å². The topological polar surface area (TPSA) is 49.6 Å². The Balaban J connectivity index is 0.00000144. The number of alkyl halides is 3. The Morgan fingerprint density at radius 1 is 1.04 bits per heavy atom. The van der Waals surface area contributed by atoms with Gasteiger partial charge >= 0.3 is 6.18 Å². The SMILES string of the molecule is Cl.Cl.NC1C2CCC(C2)C1C(=O)N1CCCN(CC(F)(F)F)CC1. The van der Waals surface area contributed by atoms with Crippen LogP contribution in [-0.2, 0) is 4.79 Å². The summed E-state index contributed by atoms with van der Waals surface area (Å²) in [6, 6.07) is -0.0548. The predicted octanol–water partition coefficient (Wildman–Crippen LogP) is 2.30. The van der Waals surface area contributed by atoms with Gasteiger partial charge in [-0.2, -0.15) is 13.2 Å². The Hall–Kier alpha value is -0.240. The minimum atomic E-state index is -4.17. The summed E-state index contributed by atoms with van der Waals surface area (Å²) in [4.78, 5) is 15.9. The smallest absolute Gasteiger partial charge is 0.341 e. The first kappa shape index (κ1) is 21.8. The highest BCUT2D eigenvalue weighted by Gasteiger charge is 2.50. The minimum absolute atomic E-state index is 0. The van der Waals surface area contributed by atoms with Crippen LogP contribution in [0, 0.1) is 17.8 Å². The molecule has 0 radical (unpaired) electrons. The maximum atomic E-state index is 12.8. The summed E-state index contributed by atoms with van der Waals surface area (Å²) in [5.41, 5.74) is 6.21. The lowest BCUT2D eigenvalue weighted by atomic mass is 9.84. The van der Waals surface area contributed by atoms with Crippen molar-refractivity contribution in [2.24, 2.45) is 23.5 Å². The summed E-state index contributed by atoms with van der Waals surface area (Å²) in [6.45, 7) is 0.735. The monoisotopic (exact) mass is 391 g/mol. The number of amides is 1. The van der Waals surface area contributed by atoms with Crippen molar-refractivity contribution < 1.29 is 18.0 Å². The lowest BCUT2D eigenvalue weighted by Gasteiger charge is -2.32. The van der Waals surface area contributed by atoms with Crippen molar-refractivity contribution in [1.29, 1.82) is 0 Å². The maximum Gasteiger partial charge on any atom is 0.401 e. The Morgan fingerprint density at radius 3 is 2.29 bits per heavy atom. The van der Waals surface area contributed by atoms with E-state index in [9.17, 15) is 18.0 Å². The average Bonchev–Trinajstić information content (AvgIpc) is 2.92. The fourth-order valence-corrected chi connectivity index (χ4v) is 4.52. The summed E-state index contributed by atoms with van der Waals surface area (Å²) in [6.07, 6.45) is -0.340. The first-order valence-electron chi connectivity index (χ1n) is 8.18. The first-order chi connectivity index (χ1) is 10.3. The standard InChI is InChI=1S/C15H24F3N3O.2ClH/c16-15(17,18)9-20-4-1-5-21(7-6-20)14(22)12-10-2-3-11(8-10)13(12)19;;/h10-13H,1-9,19H2;2*1H. The van der Waals surface area contributed by atoms with Gasteiger partial charge in [0.15, 0.2) is 0 Å². The third-order valence-electron chi connectivity index (χ3n) is 5.57. The Bertz CT molecular complexity index is 437. The molecule has 24 heavy (non-hydrogen) atoms. The van der Waals surface area contributed by atoms with Crippen molar-refractivity contribution in [3.8, 4) is 0 Å². The molecule has 2 N–H and O–H groups in total. The Kier molecular flexibility index (Phi) is 7.66. The van der Waals surface area contributed by atoms with Gasteiger partial charge in [-0.25, -0.2) is 0 Å². The zero-order chi connectivity index (χ0) is 15.9. The van der Waals surface area contributed by atoms with Crippen molar-refractivity contribution in [3.63, 3.8) is 0 Å². The number of fused-ring (bicyclic) bond motifs is 2. The van der Waals surface area contributed by atoms with E-state index in [1.54, 1.807) is 4.90 Å². The van der Waals surface area contributed by atoms with Gasteiger partial charge in [0.25, 0.3) is 0 Å². The second-order valence-electron chi connectivity index (χ2n) is 7.01. The van der Waals surface area contributed by atoms with Gasteiger partial charge in [-0.05, 0) is 37.5 Å². The van der Waals surface area contributed by atoms with E-state index in [1.807, 2.05) is 0 Å². The fraction of sp³-hybridized carbons (Fsp3) is 0.933. The normalized spacial score (nSPS) is 33.6. The van der Waals surface area contributed by atoms with Gasteiger partial charge in [-0.15, -0.1) is 24.8 Å². The molecule has 1 heterocycles. The number of hydrogen-bond donors (Lipinski definition) is 1. The van der Waals surface area contributed by atoms with Gasteiger partial charge in [0, 0.05) is 32.2 Å². The lowest BCUT2D eigenvalue weighted by Crippen LogP contribution is -2.48. The number of hydrogen-bond acceptors (Lipinski definition) is 3. The minimum Gasteiger partial charge on any atom is -0.341 e. The average molecular weight is 392 g/mol. The highest BCUT2D eigenvalue weighted by Crippen LogP contribution is 2.48. The number of nitrogens with zero attached hydrogens (tertiary/aromatic N) is 2. The van der Waals surface area contributed by atoms with Crippen LogP contribution >= 0.6 is 24.8 Å². The van der Waals surface area contributed by atoms with E-state index < -0.39 is 12.7 Å². The van der Waals surface area contributed by atoms with Crippen LogP contribution in [-0.4, -0.2) is 60.6 Å². The summed E-state index contributed by atoms with van der Waals surface area (Å²) < 4.78 is 37.5. The van der Waals surface area contributed by atoms with Gasteiger partial charge in [-0.3, -0.25) is 9.69 Å². The number of nitrogens with two attached hydrogens (primary N) is 1. The summed E-state index contributed by atoms with van der Waals surface area (Å²) in [5.74, 6) is 0.830. The molecule has 1 saturated heterocycles. The molecule has 1 amide bonds. The molecule has 0 aromatic rings. The maximum absolute atomic E-state index is 12.8. The Morgan fingerprint density at radius 2 is 1.71 bits per heavy atom. The van der Waals surface area contributed by atoms with Gasteiger partial charge in [0.1, 0.15) is 0 Å². The van der Waals surface area contributed by atoms with E-state index in [0.29, 0.717) is 44.4 Å². The van der Waals surface area contributed by atoms with Crippen molar-refractivity contribution in [2.45, 2.75) is 37.9 Å². The lowest BCUT2D eigenvalue weighted by molar-refractivity contribution is -0.145. The van der Waals surface area contributed by atoms with Crippen LogP contribution in [0.4, 0.5) is 13.2 Å². The van der Waals surface area contributed by atoms with E-state index >= 15 is 0 Å². The Labute approximate surface area is 153 Å². The zero-order valence-corrected chi connectivity index (χ0v) is 15.1. The van der Waals surface area contributed by atoms with Crippen molar-refractivity contribution >= 4 is 30.7 Å². The molecule has 4 nitrogen and oxygen atoms in total. The highest BCUT2D eigenvalue weighted by molar-refractivity contribution is 5.85. The number of halogens is 5. The molecule has 2 aliphatic carbocycles. The van der Waals surface area contributed by atoms with E-state index in [2.05, 4.69) is 0 Å². The first-order valence-corrected chi connectivity index (χ1v) is 8.18. The van der Waals surface area contributed by atoms with Crippen molar-refractivity contribution in [2.75, 3.05) is 32.7 Å². The summed E-state index contributed by atoms with van der Waals surface area (Å²) >= 11 is 0. The molecular formula is C15H26Cl2F3N3O. The summed E-state index contributed by atoms with van der Waals surface area (Å²) in [5, 5.41) is 0. The highest BCUT2D eigenvalue weighted by atomic mass is 35.5. The second-order valence-corrected chi connectivity index (χ2v) is 7.01. The van der Waals surface area contributed by atoms with Crippen LogP contribution in [0.5, 0.6) is 0 Å². The number of carbonyl (C=O) groups excluding carboxylic acids is 1. The summed E-state index contributed by atoms with van der Waals surface area (Å²) in [7, 11) is 0. The molecule has 2 saturated carbocycles. The number of carbonyl (C=O) groups is 1. The van der Waals surface area contributed by atoms with Crippen LogP contribution in [0.1, 0.15) is 25.7 Å². The third-order valence-corrected chi connectivity index (χ3v) is 5.57. The molecule has 4 unspecified atom stereocenters. The van der Waals surface area contributed by atoms with E-state index in [1.165, 1.54) is 4.90 Å². The quantitative estimate of drug-likeness (QED) is 0.785. The molecule has 0 aromatic carbocycles. The number of rotatable bonds is 2.